The number of aliphatic hydroxyl groups is 1. The molecular formula is C20H24N2O3S. The molecule has 6 heteroatoms. The Morgan fingerprint density at radius 1 is 0.923 bits per heavy atom. The van der Waals surface area contributed by atoms with Gasteiger partial charge in [-0.25, -0.2) is 8.42 Å². The molecule has 0 atom stereocenters. The lowest BCUT2D eigenvalue weighted by Gasteiger charge is -2.38. The van der Waals surface area contributed by atoms with Gasteiger partial charge in [-0.3, -0.25) is 4.90 Å². The Morgan fingerprint density at radius 3 is 1.96 bits per heavy atom. The van der Waals surface area contributed by atoms with Crippen LogP contribution in [0.5, 0.6) is 0 Å². The van der Waals surface area contributed by atoms with Crippen LogP contribution in [0.1, 0.15) is 11.1 Å². The van der Waals surface area contributed by atoms with Crippen molar-refractivity contribution in [3.63, 3.8) is 0 Å². The average Bonchev–Trinajstić information content (AvgIpc) is 2.62. The summed E-state index contributed by atoms with van der Waals surface area (Å²) in [6, 6.07) is 16.5. The molecule has 2 fully saturated rings. The van der Waals surface area contributed by atoms with Gasteiger partial charge in [0.2, 0.25) is 0 Å². The zero-order valence-electron chi connectivity index (χ0n) is 14.7. The topological polar surface area (TPSA) is 69.6 Å². The van der Waals surface area contributed by atoms with E-state index in [1.807, 2.05) is 12.1 Å². The first-order valence-electron chi connectivity index (χ1n) is 8.99. The van der Waals surface area contributed by atoms with Gasteiger partial charge in [-0.15, -0.1) is 0 Å². The van der Waals surface area contributed by atoms with E-state index < -0.39 is 15.4 Å². The first-order chi connectivity index (χ1) is 12.4. The molecule has 26 heavy (non-hydrogen) atoms. The zero-order valence-corrected chi connectivity index (χ0v) is 15.5. The van der Waals surface area contributed by atoms with Crippen molar-refractivity contribution >= 4 is 9.84 Å². The maximum atomic E-state index is 11.5. The zero-order chi connectivity index (χ0) is 18.2. The molecule has 2 aromatic carbocycles. The van der Waals surface area contributed by atoms with E-state index in [1.54, 1.807) is 0 Å². The third-order valence-electron chi connectivity index (χ3n) is 5.39. The molecule has 2 saturated heterocycles. The summed E-state index contributed by atoms with van der Waals surface area (Å²) < 4.78 is 23.0. The molecule has 2 heterocycles. The minimum Gasteiger partial charge on any atom is -0.382 e. The fourth-order valence-electron chi connectivity index (χ4n) is 3.51. The lowest BCUT2D eigenvalue weighted by Crippen LogP contribution is -2.56. The van der Waals surface area contributed by atoms with Crippen molar-refractivity contribution in [1.29, 1.82) is 0 Å². The van der Waals surface area contributed by atoms with Crippen LogP contribution >= 0.6 is 0 Å². The Labute approximate surface area is 154 Å². The highest BCUT2D eigenvalue weighted by Gasteiger charge is 2.35. The fourth-order valence-corrected chi connectivity index (χ4v) is 4.78. The van der Waals surface area contributed by atoms with Gasteiger partial charge in [0.05, 0.1) is 11.5 Å². The summed E-state index contributed by atoms with van der Waals surface area (Å²) in [5.41, 5.74) is 3.70. The Hall–Kier alpha value is -1.73. The van der Waals surface area contributed by atoms with E-state index in [2.05, 4.69) is 46.6 Å². The molecule has 2 aliphatic heterocycles. The van der Waals surface area contributed by atoms with Gasteiger partial charge in [0.15, 0.2) is 9.84 Å². The number of sulfone groups is 1. The summed E-state index contributed by atoms with van der Waals surface area (Å²) in [7, 11) is -2.83. The molecule has 5 nitrogen and oxygen atoms in total. The van der Waals surface area contributed by atoms with Gasteiger partial charge < -0.3 is 10.4 Å². The molecule has 0 aromatic heterocycles. The third-order valence-corrected chi connectivity index (χ3v) is 7.00. The molecule has 138 valence electrons. The predicted octanol–water partition coefficient (Wildman–Crippen LogP) is 1.37. The van der Waals surface area contributed by atoms with Gasteiger partial charge in [-0.1, -0.05) is 48.5 Å². The van der Waals surface area contributed by atoms with E-state index in [9.17, 15) is 13.5 Å². The van der Waals surface area contributed by atoms with Crippen LogP contribution in [-0.2, 0) is 22.0 Å². The van der Waals surface area contributed by atoms with E-state index in [0.717, 1.165) is 23.2 Å². The van der Waals surface area contributed by atoms with Gasteiger partial charge in [0.1, 0.15) is 5.60 Å². The molecule has 4 rings (SSSR count). The van der Waals surface area contributed by atoms with Crippen LogP contribution in [-0.4, -0.2) is 56.1 Å². The second kappa shape index (κ2) is 6.78. The summed E-state index contributed by atoms with van der Waals surface area (Å²) in [5.74, 6) is 0.526. The van der Waals surface area contributed by atoms with Crippen molar-refractivity contribution in [3.05, 3.63) is 59.7 Å². The minimum absolute atomic E-state index is 0.263. The molecular weight excluding hydrogens is 348 g/mol. The minimum atomic E-state index is -2.83. The van der Waals surface area contributed by atoms with Crippen LogP contribution in [0.4, 0.5) is 0 Å². The van der Waals surface area contributed by atoms with Crippen LogP contribution in [0.2, 0.25) is 0 Å². The fraction of sp³-hybridized carbons (Fsp3) is 0.400. The number of nitrogens with one attached hydrogen (secondary N) is 1. The van der Waals surface area contributed by atoms with Gasteiger partial charge in [0, 0.05) is 32.7 Å². The van der Waals surface area contributed by atoms with Crippen LogP contribution in [0, 0.1) is 0 Å². The second-order valence-corrected chi connectivity index (χ2v) is 9.64. The Balaban J connectivity index is 1.41. The summed E-state index contributed by atoms with van der Waals surface area (Å²) in [4.78, 5) is 2.19. The molecule has 0 bridgehead atoms. The quantitative estimate of drug-likeness (QED) is 0.849. The standard InChI is InChI=1S/C20H24N2O3S/c23-20(14-21-15-20)19-7-5-18(6-8-19)17-3-1-16(2-4-17)13-22-9-11-26(24,25)12-10-22/h1-8,21,23H,9-15H2. The number of nitrogens with zero attached hydrogens (tertiary/aromatic N) is 1. The molecule has 0 aliphatic carbocycles. The summed E-state index contributed by atoms with van der Waals surface area (Å²) in [6.45, 7) is 3.24. The van der Waals surface area contributed by atoms with Gasteiger partial charge in [-0.05, 0) is 22.3 Å². The molecule has 0 radical (unpaired) electrons. The summed E-state index contributed by atoms with van der Waals surface area (Å²) in [6.07, 6.45) is 0. The molecule has 0 saturated carbocycles. The highest BCUT2D eigenvalue weighted by Crippen LogP contribution is 2.28. The van der Waals surface area contributed by atoms with Crippen LogP contribution in [0.3, 0.4) is 0 Å². The molecule has 2 aromatic rings. The number of benzene rings is 2. The van der Waals surface area contributed by atoms with E-state index in [0.29, 0.717) is 26.2 Å². The van der Waals surface area contributed by atoms with Crippen molar-refractivity contribution in [3.8, 4) is 11.1 Å². The molecule has 0 spiro atoms. The normalized spacial score (nSPS) is 21.9. The predicted molar refractivity (Wildman–Crippen MR) is 103 cm³/mol. The average molecular weight is 372 g/mol. The van der Waals surface area contributed by atoms with Crippen LogP contribution < -0.4 is 5.32 Å². The van der Waals surface area contributed by atoms with Crippen molar-refractivity contribution in [1.82, 2.24) is 10.2 Å². The summed E-state index contributed by atoms with van der Waals surface area (Å²) >= 11 is 0. The van der Waals surface area contributed by atoms with Gasteiger partial charge >= 0.3 is 0 Å². The van der Waals surface area contributed by atoms with Crippen molar-refractivity contribution in [2.24, 2.45) is 0 Å². The van der Waals surface area contributed by atoms with E-state index >= 15 is 0 Å². The Bertz CT molecular complexity index is 858. The number of rotatable bonds is 4. The maximum Gasteiger partial charge on any atom is 0.152 e. The van der Waals surface area contributed by atoms with E-state index in [1.165, 1.54) is 5.56 Å². The number of hydrogen-bond donors (Lipinski definition) is 2. The summed E-state index contributed by atoms with van der Waals surface area (Å²) in [5, 5.41) is 13.5. The first kappa shape index (κ1) is 17.7. The molecule has 0 unspecified atom stereocenters. The smallest absolute Gasteiger partial charge is 0.152 e. The number of hydrogen-bond acceptors (Lipinski definition) is 5. The van der Waals surface area contributed by atoms with Crippen molar-refractivity contribution in [2.75, 3.05) is 37.7 Å². The SMILES string of the molecule is O=S1(=O)CCN(Cc2ccc(-c3ccc(C4(O)CNC4)cc3)cc2)CC1. The molecule has 2 aliphatic rings. The van der Waals surface area contributed by atoms with Crippen molar-refractivity contribution in [2.45, 2.75) is 12.1 Å². The van der Waals surface area contributed by atoms with Crippen molar-refractivity contribution < 1.29 is 13.5 Å². The highest BCUT2D eigenvalue weighted by molar-refractivity contribution is 7.91. The Morgan fingerprint density at radius 2 is 1.46 bits per heavy atom. The molecule has 0 amide bonds. The highest BCUT2D eigenvalue weighted by atomic mass is 32.2. The van der Waals surface area contributed by atoms with Gasteiger partial charge in [-0.2, -0.15) is 0 Å². The van der Waals surface area contributed by atoms with Crippen LogP contribution in [0.15, 0.2) is 48.5 Å². The first-order valence-corrected chi connectivity index (χ1v) is 10.8. The largest absolute Gasteiger partial charge is 0.382 e. The maximum absolute atomic E-state index is 11.5. The van der Waals surface area contributed by atoms with Gasteiger partial charge in [0.25, 0.3) is 0 Å². The van der Waals surface area contributed by atoms with Crippen LogP contribution in [0.25, 0.3) is 11.1 Å². The number of β-amino-alcohol motifs (C(OH)–C–C–N with tert-alkyl or cyclic N) is 1. The lowest BCUT2D eigenvalue weighted by atomic mass is 9.87. The van der Waals surface area contributed by atoms with E-state index in [4.69, 9.17) is 0 Å². The third kappa shape index (κ3) is 3.69. The second-order valence-electron chi connectivity index (χ2n) is 7.34. The van der Waals surface area contributed by atoms with E-state index in [-0.39, 0.29) is 11.5 Å². The lowest BCUT2D eigenvalue weighted by molar-refractivity contribution is -0.0146. The monoisotopic (exact) mass is 372 g/mol. The molecule has 2 N–H and O–H groups in total. The Kier molecular flexibility index (Phi) is 4.61.